The van der Waals surface area contributed by atoms with Crippen molar-refractivity contribution in [1.82, 2.24) is 15.0 Å². The van der Waals surface area contributed by atoms with Crippen molar-refractivity contribution >= 4 is 33.8 Å². The lowest BCUT2D eigenvalue weighted by molar-refractivity contribution is 0.102. The van der Waals surface area contributed by atoms with Gasteiger partial charge in [-0.05, 0) is 24.3 Å². The molecule has 6 heteroatoms. The van der Waals surface area contributed by atoms with Gasteiger partial charge in [0.2, 0.25) is 0 Å². The number of benzene rings is 1. The number of carbonyl (C=O) groups excluding carboxylic acids is 1. The van der Waals surface area contributed by atoms with Crippen molar-refractivity contribution < 1.29 is 4.79 Å². The number of nitrogens with zero attached hydrogens (tertiary/aromatic N) is 3. The van der Waals surface area contributed by atoms with Crippen molar-refractivity contribution in [2.45, 2.75) is 0 Å². The second-order valence-electron chi connectivity index (χ2n) is 5.14. The number of fused-ring (bicyclic) bond motifs is 1. The number of aromatic nitrogens is 3. The van der Waals surface area contributed by atoms with Gasteiger partial charge in [0.05, 0.1) is 22.4 Å². The predicted molar refractivity (Wildman–Crippen MR) is 95.0 cm³/mol. The first-order valence-corrected chi connectivity index (χ1v) is 8.25. The second kappa shape index (κ2) is 6.17. The monoisotopic (exact) mass is 332 g/mol. The minimum absolute atomic E-state index is 0.236. The predicted octanol–water partition coefficient (Wildman–Crippen LogP) is 4.01. The van der Waals surface area contributed by atoms with E-state index in [1.165, 1.54) is 11.3 Å². The quantitative estimate of drug-likeness (QED) is 0.615. The summed E-state index contributed by atoms with van der Waals surface area (Å²) >= 11 is 1.39. The molecule has 0 atom stereocenters. The van der Waals surface area contributed by atoms with Crippen molar-refractivity contribution in [2.24, 2.45) is 0 Å². The molecule has 3 heterocycles. The van der Waals surface area contributed by atoms with E-state index in [9.17, 15) is 4.79 Å². The zero-order valence-corrected chi connectivity index (χ0v) is 13.3. The third kappa shape index (κ3) is 2.75. The minimum Gasteiger partial charge on any atom is -0.319 e. The molecule has 4 aromatic rings. The van der Waals surface area contributed by atoms with Gasteiger partial charge in [-0.1, -0.05) is 18.2 Å². The Morgan fingerprint density at radius 1 is 1.04 bits per heavy atom. The van der Waals surface area contributed by atoms with Crippen molar-refractivity contribution in [2.75, 3.05) is 5.32 Å². The summed E-state index contributed by atoms with van der Waals surface area (Å²) in [6, 6.07) is 13.5. The summed E-state index contributed by atoms with van der Waals surface area (Å²) in [5, 5.41) is 5.58. The number of hydrogen-bond acceptors (Lipinski definition) is 5. The molecule has 0 bridgehead atoms. The summed E-state index contributed by atoms with van der Waals surface area (Å²) < 4.78 is 0. The van der Waals surface area contributed by atoms with Gasteiger partial charge in [0.15, 0.2) is 0 Å². The lowest BCUT2D eigenvalue weighted by Crippen LogP contribution is -2.12. The van der Waals surface area contributed by atoms with Crippen LogP contribution in [-0.2, 0) is 0 Å². The smallest absolute Gasteiger partial charge is 0.275 e. The largest absolute Gasteiger partial charge is 0.319 e. The Balaban J connectivity index is 1.77. The average Bonchev–Trinajstić information content (AvgIpc) is 3.17. The molecule has 0 saturated carbocycles. The minimum atomic E-state index is -0.236. The van der Waals surface area contributed by atoms with Gasteiger partial charge < -0.3 is 5.32 Å². The lowest BCUT2D eigenvalue weighted by atomic mass is 10.1. The summed E-state index contributed by atoms with van der Waals surface area (Å²) in [7, 11) is 0. The van der Waals surface area contributed by atoms with Crippen molar-refractivity contribution in [3.05, 3.63) is 71.4 Å². The highest BCUT2D eigenvalue weighted by atomic mass is 32.1. The van der Waals surface area contributed by atoms with Crippen LogP contribution in [0.2, 0.25) is 0 Å². The van der Waals surface area contributed by atoms with E-state index >= 15 is 0 Å². The van der Waals surface area contributed by atoms with Crippen LogP contribution in [0.3, 0.4) is 0 Å². The molecule has 4 rings (SSSR count). The molecular weight excluding hydrogens is 320 g/mol. The number of para-hydroxylation sites is 1. The summed E-state index contributed by atoms with van der Waals surface area (Å²) in [5.41, 5.74) is 5.27. The van der Waals surface area contributed by atoms with Gasteiger partial charge in [0.1, 0.15) is 5.69 Å². The topological polar surface area (TPSA) is 67.8 Å². The fourth-order valence-corrected chi connectivity index (χ4v) is 2.97. The Hall–Kier alpha value is -3.12. The molecule has 3 aromatic heterocycles. The molecule has 0 fully saturated rings. The Morgan fingerprint density at radius 3 is 2.71 bits per heavy atom. The highest BCUT2D eigenvalue weighted by Gasteiger charge is 2.11. The van der Waals surface area contributed by atoms with Crippen LogP contribution in [0.1, 0.15) is 10.5 Å². The number of amides is 1. The van der Waals surface area contributed by atoms with E-state index in [-0.39, 0.29) is 5.91 Å². The van der Waals surface area contributed by atoms with E-state index in [1.54, 1.807) is 23.3 Å². The van der Waals surface area contributed by atoms with Crippen LogP contribution in [0, 0.1) is 0 Å². The molecule has 0 aliphatic rings. The molecule has 1 aromatic carbocycles. The van der Waals surface area contributed by atoms with Gasteiger partial charge in [-0.2, -0.15) is 0 Å². The highest BCUT2D eigenvalue weighted by molar-refractivity contribution is 7.07. The maximum atomic E-state index is 12.3. The number of pyridine rings is 2. The molecular formula is C18H12N4OS. The summed E-state index contributed by atoms with van der Waals surface area (Å²) in [5.74, 6) is -0.236. The number of carbonyl (C=O) groups is 1. The molecule has 5 nitrogen and oxygen atoms in total. The Labute approximate surface area is 142 Å². The molecule has 0 aliphatic carbocycles. The number of thiazole rings is 1. The Bertz CT molecular complexity index is 1000. The number of nitrogens with one attached hydrogen (secondary N) is 1. The zero-order valence-electron chi connectivity index (χ0n) is 12.5. The van der Waals surface area contributed by atoms with Gasteiger partial charge in [-0.3, -0.25) is 9.78 Å². The summed E-state index contributed by atoms with van der Waals surface area (Å²) in [6.07, 6.45) is 3.47. The first-order chi connectivity index (χ1) is 11.8. The van der Waals surface area contributed by atoms with Crippen LogP contribution in [0.4, 0.5) is 5.69 Å². The van der Waals surface area contributed by atoms with Crippen molar-refractivity contribution in [1.29, 1.82) is 0 Å². The Morgan fingerprint density at radius 2 is 1.92 bits per heavy atom. The van der Waals surface area contributed by atoms with E-state index in [2.05, 4.69) is 15.3 Å². The van der Waals surface area contributed by atoms with Gasteiger partial charge in [0.25, 0.3) is 5.91 Å². The molecule has 0 unspecified atom stereocenters. The standard InChI is InChI=1S/C18H12N4OS/c23-18(16-10-24-11-20-16)22-15-3-1-2-13-4-5-14(21-17(13)15)12-6-8-19-9-7-12/h1-11H,(H,22,23). The highest BCUT2D eigenvalue weighted by Crippen LogP contribution is 2.26. The number of anilines is 1. The molecule has 0 aliphatic heterocycles. The maximum absolute atomic E-state index is 12.3. The first kappa shape index (κ1) is 14.5. The fourth-order valence-electron chi connectivity index (χ4n) is 2.44. The van der Waals surface area contributed by atoms with Gasteiger partial charge in [-0.15, -0.1) is 11.3 Å². The summed E-state index contributed by atoms with van der Waals surface area (Å²) in [6.45, 7) is 0. The zero-order chi connectivity index (χ0) is 16.4. The molecule has 0 radical (unpaired) electrons. The van der Waals surface area contributed by atoms with Crippen molar-refractivity contribution in [3.8, 4) is 11.3 Å². The van der Waals surface area contributed by atoms with Crippen LogP contribution in [0.5, 0.6) is 0 Å². The number of hydrogen-bond donors (Lipinski definition) is 1. The Kier molecular flexibility index (Phi) is 3.72. The average molecular weight is 332 g/mol. The van der Waals surface area contributed by atoms with Crippen LogP contribution in [0.25, 0.3) is 22.2 Å². The van der Waals surface area contributed by atoms with E-state index in [0.717, 1.165) is 22.2 Å². The molecule has 1 amide bonds. The second-order valence-corrected chi connectivity index (χ2v) is 5.86. The van der Waals surface area contributed by atoms with Gasteiger partial charge in [-0.25, -0.2) is 9.97 Å². The van der Waals surface area contributed by atoms with E-state index in [1.807, 2.05) is 42.5 Å². The van der Waals surface area contributed by atoms with Crippen LogP contribution in [0.15, 0.2) is 65.7 Å². The third-order valence-electron chi connectivity index (χ3n) is 3.61. The normalized spacial score (nSPS) is 10.7. The van der Waals surface area contributed by atoms with Crippen LogP contribution < -0.4 is 5.32 Å². The lowest BCUT2D eigenvalue weighted by Gasteiger charge is -2.09. The molecule has 116 valence electrons. The third-order valence-corrected chi connectivity index (χ3v) is 4.20. The fraction of sp³-hybridized carbons (Fsp3) is 0. The first-order valence-electron chi connectivity index (χ1n) is 7.31. The van der Waals surface area contributed by atoms with Gasteiger partial charge in [0, 0.05) is 28.7 Å². The number of rotatable bonds is 3. The maximum Gasteiger partial charge on any atom is 0.275 e. The van der Waals surface area contributed by atoms with E-state index in [4.69, 9.17) is 4.98 Å². The van der Waals surface area contributed by atoms with Crippen molar-refractivity contribution in [3.63, 3.8) is 0 Å². The molecule has 24 heavy (non-hydrogen) atoms. The summed E-state index contributed by atoms with van der Waals surface area (Å²) in [4.78, 5) is 25.1. The van der Waals surface area contributed by atoms with E-state index < -0.39 is 0 Å². The molecule has 0 saturated heterocycles. The van der Waals surface area contributed by atoms with Crippen LogP contribution >= 0.6 is 11.3 Å². The van der Waals surface area contributed by atoms with Crippen LogP contribution in [-0.4, -0.2) is 20.9 Å². The van der Waals surface area contributed by atoms with Gasteiger partial charge >= 0.3 is 0 Å². The SMILES string of the molecule is O=C(Nc1cccc2ccc(-c3ccncc3)nc12)c1cscn1. The van der Waals surface area contributed by atoms with E-state index in [0.29, 0.717) is 11.4 Å². The molecule has 1 N–H and O–H groups in total. The molecule has 0 spiro atoms.